The molecule has 3 rings (SSSR count). The van der Waals surface area contributed by atoms with Crippen molar-refractivity contribution in [2.45, 2.75) is 13.3 Å². The number of methoxy groups -OCH3 is 1. The summed E-state index contributed by atoms with van der Waals surface area (Å²) in [5.74, 6) is 0.270. The lowest BCUT2D eigenvalue weighted by atomic mass is 10.2. The highest BCUT2D eigenvalue weighted by Crippen LogP contribution is 2.33. The summed E-state index contributed by atoms with van der Waals surface area (Å²) in [6.07, 6.45) is 3.47. The van der Waals surface area contributed by atoms with E-state index >= 15 is 0 Å². The fraction of sp³-hybridized carbons (Fsp3) is 0.304. The van der Waals surface area contributed by atoms with Crippen LogP contribution in [0.2, 0.25) is 15.1 Å². The molecule has 2 amide bonds. The second-order valence-electron chi connectivity index (χ2n) is 7.22. The second kappa shape index (κ2) is 10.9. The van der Waals surface area contributed by atoms with E-state index in [2.05, 4.69) is 10.2 Å². The molecule has 1 aliphatic heterocycles. The number of carbonyl (C=O) groups excluding carboxylic acids is 2. The van der Waals surface area contributed by atoms with Crippen molar-refractivity contribution in [3.63, 3.8) is 0 Å². The first-order chi connectivity index (χ1) is 15.3. The average molecular weight is 497 g/mol. The summed E-state index contributed by atoms with van der Waals surface area (Å²) >= 11 is 18.6. The number of hydrogen-bond acceptors (Lipinski definition) is 4. The number of benzene rings is 2. The van der Waals surface area contributed by atoms with Crippen LogP contribution in [0.25, 0.3) is 6.08 Å². The third-order valence-electron chi connectivity index (χ3n) is 5.15. The Bertz CT molecular complexity index is 1030. The van der Waals surface area contributed by atoms with E-state index in [1.165, 1.54) is 13.2 Å². The lowest BCUT2D eigenvalue weighted by molar-refractivity contribution is -0.131. The van der Waals surface area contributed by atoms with E-state index in [0.717, 1.165) is 5.69 Å². The maximum Gasteiger partial charge on any atom is 0.248 e. The molecule has 2 aromatic carbocycles. The van der Waals surface area contributed by atoms with Crippen LogP contribution in [-0.4, -0.2) is 50.0 Å². The molecule has 0 saturated carbocycles. The minimum absolute atomic E-state index is 0.166. The Balaban J connectivity index is 1.64. The smallest absolute Gasteiger partial charge is 0.248 e. The van der Waals surface area contributed by atoms with Crippen LogP contribution in [0.3, 0.4) is 0 Å². The Morgan fingerprint density at radius 3 is 2.41 bits per heavy atom. The molecule has 1 heterocycles. The molecule has 0 spiro atoms. The van der Waals surface area contributed by atoms with Crippen LogP contribution >= 0.6 is 34.8 Å². The van der Waals surface area contributed by atoms with Crippen molar-refractivity contribution in [2.24, 2.45) is 0 Å². The van der Waals surface area contributed by atoms with Crippen LogP contribution in [0.15, 0.2) is 36.4 Å². The quantitative estimate of drug-likeness (QED) is 0.547. The molecule has 0 radical (unpaired) electrons. The highest BCUT2D eigenvalue weighted by Gasteiger charge is 2.21. The summed E-state index contributed by atoms with van der Waals surface area (Å²) in [4.78, 5) is 28.2. The summed E-state index contributed by atoms with van der Waals surface area (Å²) in [6.45, 7) is 4.63. The van der Waals surface area contributed by atoms with Gasteiger partial charge in [-0.25, -0.2) is 0 Å². The van der Waals surface area contributed by atoms with Gasteiger partial charge in [0.2, 0.25) is 11.8 Å². The lowest BCUT2D eigenvalue weighted by Crippen LogP contribution is -2.48. The third kappa shape index (κ3) is 5.88. The van der Waals surface area contributed by atoms with Gasteiger partial charge in [-0.15, -0.1) is 0 Å². The van der Waals surface area contributed by atoms with E-state index in [0.29, 0.717) is 64.7 Å². The molecule has 6 nitrogen and oxygen atoms in total. The topological polar surface area (TPSA) is 61.9 Å². The highest BCUT2D eigenvalue weighted by molar-refractivity contribution is 6.36. The molecule has 2 aromatic rings. The first-order valence-corrected chi connectivity index (χ1v) is 11.3. The molecule has 0 aliphatic carbocycles. The number of nitrogens with one attached hydrogen (secondary N) is 1. The standard InChI is InChI=1S/C23H24Cl3N3O3/c1-3-22(31)29-10-8-28(9-11-29)20-6-5-17(14-18(20)25)27-21(30)7-4-15-12-16(24)13-19(26)23(15)32-2/h4-7,12-14H,3,8-11H2,1-2H3,(H,27,30)/b7-4+. The summed E-state index contributed by atoms with van der Waals surface area (Å²) in [6, 6.07) is 8.62. The molecule has 170 valence electrons. The summed E-state index contributed by atoms with van der Waals surface area (Å²) in [5.41, 5.74) is 2.04. The van der Waals surface area contributed by atoms with Gasteiger partial charge in [-0.2, -0.15) is 0 Å². The molecule has 0 aromatic heterocycles. The highest BCUT2D eigenvalue weighted by atomic mass is 35.5. The molecule has 0 bridgehead atoms. The Morgan fingerprint density at radius 2 is 1.78 bits per heavy atom. The molecule has 1 saturated heterocycles. The predicted molar refractivity (Wildman–Crippen MR) is 131 cm³/mol. The third-order valence-corrected chi connectivity index (χ3v) is 5.95. The maximum absolute atomic E-state index is 12.4. The van der Waals surface area contributed by atoms with Gasteiger partial charge in [0.05, 0.1) is 22.8 Å². The van der Waals surface area contributed by atoms with Crippen LogP contribution in [-0.2, 0) is 9.59 Å². The maximum atomic E-state index is 12.4. The number of anilines is 2. The largest absolute Gasteiger partial charge is 0.495 e. The number of halogens is 3. The lowest BCUT2D eigenvalue weighted by Gasteiger charge is -2.36. The number of carbonyl (C=O) groups is 2. The van der Waals surface area contributed by atoms with Crippen LogP contribution in [0.5, 0.6) is 5.75 Å². The van der Waals surface area contributed by atoms with E-state index in [9.17, 15) is 9.59 Å². The predicted octanol–water partition coefficient (Wildman–Crippen LogP) is 5.37. The zero-order valence-corrected chi connectivity index (χ0v) is 20.1. The molecule has 0 unspecified atom stereocenters. The van der Waals surface area contributed by atoms with Gasteiger partial charge < -0.3 is 19.9 Å². The summed E-state index contributed by atoms with van der Waals surface area (Å²) in [7, 11) is 1.50. The first-order valence-electron chi connectivity index (χ1n) is 10.2. The van der Waals surface area contributed by atoms with Gasteiger partial charge in [0.15, 0.2) is 0 Å². The van der Waals surface area contributed by atoms with Gasteiger partial charge in [-0.3, -0.25) is 9.59 Å². The zero-order chi connectivity index (χ0) is 23.3. The molecule has 1 N–H and O–H groups in total. The average Bonchev–Trinajstić information content (AvgIpc) is 2.77. The van der Waals surface area contributed by atoms with E-state index < -0.39 is 0 Å². The van der Waals surface area contributed by atoms with Gasteiger partial charge >= 0.3 is 0 Å². The normalized spacial score (nSPS) is 14.0. The number of rotatable bonds is 6. The van der Waals surface area contributed by atoms with Crippen LogP contribution in [0.4, 0.5) is 11.4 Å². The second-order valence-corrected chi connectivity index (χ2v) is 8.47. The molecule has 1 fully saturated rings. The summed E-state index contributed by atoms with van der Waals surface area (Å²) < 4.78 is 5.28. The fourth-order valence-electron chi connectivity index (χ4n) is 3.53. The first kappa shape index (κ1) is 24.2. The number of ether oxygens (including phenoxy) is 1. The van der Waals surface area contributed by atoms with Crippen LogP contribution in [0.1, 0.15) is 18.9 Å². The monoisotopic (exact) mass is 495 g/mol. The van der Waals surface area contributed by atoms with Crippen molar-refractivity contribution < 1.29 is 14.3 Å². The van der Waals surface area contributed by atoms with Crippen molar-refractivity contribution in [1.29, 1.82) is 0 Å². The number of nitrogens with zero attached hydrogens (tertiary/aromatic N) is 2. The van der Waals surface area contributed by atoms with Crippen LogP contribution in [0, 0.1) is 0 Å². The van der Waals surface area contributed by atoms with Gasteiger partial charge in [-0.1, -0.05) is 41.7 Å². The van der Waals surface area contributed by atoms with Crippen molar-refractivity contribution in [2.75, 3.05) is 43.5 Å². The Morgan fingerprint density at radius 1 is 1.06 bits per heavy atom. The van der Waals surface area contributed by atoms with Gasteiger partial charge in [0.1, 0.15) is 5.75 Å². The van der Waals surface area contributed by atoms with E-state index in [1.807, 2.05) is 17.9 Å². The fourth-order valence-corrected chi connectivity index (χ4v) is 4.42. The molecule has 32 heavy (non-hydrogen) atoms. The SMILES string of the molecule is CCC(=O)N1CCN(c2ccc(NC(=O)/C=C/c3cc(Cl)cc(Cl)c3OC)cc2Cl)CC1. The Kier molecular flexibility index (Phi) is 8.29. The van der Waals surface area contributed by atoms with Gasteiger partial charge in [-0.05, 0) is 36.4 Å². The van der Waals surface area contributed by atoms with E-state index in [-0.39, 0.29) is 11.8 Å². The minimum atomic E-state index is -0.335. The van der Waals surface area contributed by atoms with Gasteiger partial charge in [0.25, 0.3) is 0 Å². The Labute approximate surface area is 202 Å². The molecular weight excluding hydrogens is 473 g/mol. The van der Waals surface area contributed by atoms with E-state index in [1.54, 1.807) is 30.3 Å². The van der Waals surface area contributed by atoms with E-state index in [4.69, 9.17) is 39.5 Å². The Hall–Kier alpha value is -2.41. The molecule has 0 atom stereocenters. The minimum Gasteiger partial charge on any atom is -0.495 e. The molecular formula is C23H24Cl3N3O3. The van der Waals surface area contributed by atoms with Crippen molar-refractivity contribution in [3.05, 3.63) is 57.0 Å². The zero-order valence-electron chi connectivity index (χ0n) is 17.8. The number of hydrogen-bond donors (Lipinski definition) is 1. The van der Waals surface area contributed by atoms with Crippen molar-refractivity contribution in [3.8, 4) is 5.75 Å². The molecule has 9 heteroatoms. The molecule has 1 aliphatic rings. The summed E-state index contributed by atoms with van der Waals surface area (Å²) in [5, 5.41) is 4.13. The van der Waals surface area contributed by atoms with Crippen molar-refractivity contribution >= 4 is 64.1 Å². The number of piperazine rings is 1. The van der Waals surface area contributed by atoms with Crippen LogP contribution < -0.4 is 15.0 Å². The number of amides is 2. The van der Waals surface area contributed by atoms with Gasteiger partial charge in [0, 0.05) is 54.9 Å². The van der Waals surface area contributed by atoms with Crippen molar-refractivity contribution in [1.82, 2.24) is 4.90 Å².